The highest BCUT2D eigenvalue weighted by Crippen LogP contribution is 2.03. The Bertz CT molecular complexity index is 94.9. The van der Waals surface area contributed by atoms with Gasteiger partial charge in [0.25, 0.3) is 0 Å². The molecule has 60 valence electrons. The van der Waals surface area contributed by atoms with Crippen LogP contribution in [0.1, 0.15) is 40.0 Å². The summed E-state index contributed by atoms with van der Waals surface area (Å²) >= 11 is 0. The second kappa shape index (κ2) is 6.66. The summed E-state index contributed by atoms with van der Waals surface area (Å²) in [6, 6.07) is 0. The number of unbranched alkanes of at least 4 members (excludes halogenated alkanes) is 1. The van der Waals surface area contributed by atoms with E-state index in [1.165, 1.54) is 24.8 Å². The molecule has 0 amide bonds. The molecule has 0 fully saturated rings. The zero-order valence-electron chi connectivity index (χ0n) is 7.41. The van der Waals surface area contributed by atoms with Crippen LogP contribution in [0, 0.1) is 0 Å². The van der Waals surface area contributed by atoms with Gasteiger partial charge in [-0.05, 0) is 32.9 Å². The van der Waals surface area contributed by atoms with Gasteiger partial charge in [-0.1, -0.05) is 18.9 Å². The SMILES string of the molecule is CCCC/C(C)=C\NCC. The van der Waals surface area contributed by atoms with Gasteiger partial charge in [-0.15, -0.1) is 0 Å². The van der Waals surface area contributed by atoms with Crippen LogP contribution >= 0.6 is 0 Å². The van der Waals surface area contributed by atoms with Gasteiger partial charge in [0.05, 0.1) is 0 Å². The first-order valence-electron chi connectivity index (χ1n) is 4.20. The third-order valence-corrected chi connectivity index (χ3v) is 1.48. The van der Waals surface area contributed by atoms with Gasteiger partial charge >= 0.3 is 0 Å². The van der Waals surface area contributed by atoms with Crippen LogP contribution in [-0.4, -0.2) is 6.54 Å². The first kappa shape index (κ1) is 9.54. The van der Waals surface area contributed by atoms with Crippen LogP contribution in [0.25, 0.3) is 0 Å². The van der Waals surface area contributed by atoms with Crippen molar-refractivity contribution in [3.05, 3.63) is 11.8 Å². The van der Waals surface area contributed by atoms with Crippen molar-refractivity contribution < 1.29 is 0 Å². The molecule has 0 rings (SSSR count). The fourth-order valence-electron chi connectivity index (χ4n) is 0.804. The molecule has 0 unspecified atom stereocenters. The average Bonchev–Trinajstić information content (AvgIpc) is 1.97. The molecular formula is C9H19N. The van der Waals surface area contributed by atoms with E-state index < -0.39 is 0 Å². The van der Waals surface area contributed by atoms with Gasteiger partial charge in [-0.25, -0.2) is 0 Å². The van der Waals surface area contributed by atoms with E-state index >= 15 is 0 Å². The first-order chi connectivity index (χ1) is 4.81. The molecule has 0 saturated heterocycles. The highest BCUT2D eigenvalue weighted by molar-refractivity contribution is 4.95. The lowest BCUT2D eigenvalue weighted by molar-refractivity contribution is 0.775. The summed E-state index contributed by atoms with van der Waals surface area (Å²) in [5, 5.41) is 3.19. The maximum Gasteiger partial charge on any atom is 0.0113 e. The Balaban J connectivity index is 3.30. The van der Waals surface area contributed by atoms with Gasteiger partial charge in [0.15, 0.2) is 0 Å². The highest BCUT2D eigenvalue weighted by Gasteiger charge is 1.86. The summed E-state index contributed by atoms with van der Waals surface area (Å²) in [5.74, 6) is 0. The minimum Gasteiger partial charge on any atom is -0.391 e. The van der Waals surface area contributed by atoms with Crippen LogP contribution in [0.3, 0.4) is 0 Å². The standard InChI is InChI=1S/C9H19N/c1-4-6-7-9(3)8-10-5-2/h8,10H,4-7H2,1-3H3/b9-8-. The van der Waals surface area contributed by atoms with E-state index in [9.17, 15) is 0 Å². The normalized spacial score (nSPS) is 11.7. The Labute approximate surface area is 64.5 Å². The Kier molecular flexibility index (Phi) is 6.35. The van der Waals surface area contributed by atoms with Crippen molar-refractivity contribution in [2.45, 2.75) is 40.0 Å². The average molecular weight is 141 g/mol. The summed E-state index contributed by atoms with van der Waals surface area (Å²) < 4.78 is 0. The third kappa shape index (κ3) is 5.67. The van der Waals surface area contributed by atoms with Gasteiger partial charge in [0.1, 0.15) is 0 Å². The van der Waals surface area contributed by atoms with E-state index in [1.54, 1.807) is 0 Å². The number of hydrogen-bond acceptors (Lipinski definition) is 1. The van der Waals surface area contributed by atoms with Crippen molar-refractivity contribution in [1.29, 1.82) is 0 Å². The fraction of sp³-hybridized carbons (Fsp3) is 0.778. The molecule has 1 N–H and O–H groups in total. The van der Waals surface area contributed by atoms with E-state index in [2.05, 4.69) is 32.3 Å². The summed E-state index contributed by atoms with van der Waals surface area (Å²) in [5.41, 5.74) is 1.46. The van der Waals surface area contributed by atoms with Crippen molar-refractivity contribution >= 4 is 0 Å². The smallest absolute Gasteiger partial charge is 0.0113 e. The van der Waals surface area contributed by atoms with E-state index in [0.717, 1.165) is 6.54 Å². The predicted molar refractivity (Wildman–Crippen MR) is 47.0 cm³/mol. The zero-order valence-corrected chi connectivity index (χ0v) is 7.41. The molecule has 0 aliphatic heterocycles. The lowest BCUT2D eigenvalue weighted by Crippen LogP contribution is -2.03. The molecule has 0 bridgehead atoms. The molecule has 10 heavy (non-hydrogen) atoms. The topological polar surface area (TPSA) is 12.0 Å². The largest absolute Gasteiger partial charge is 0.391 e. The molecular weight excluding hydrogens is 122 g/mol. The van der Waals surface area contributed by atoms with Gasteiger partial charge in [0, 0.05) is 6.54 Å². The van der Waals surface area contributed by atoms with E-state index in [1.807, 2.05) is 0 Å². The van der Waals surface area contributed by atoms with Crippen LogP contribution in [0.2, 0.25) is 0 Å². The predicted octanol–water partition coefficient (Wildman–Crippen LogP) is 2.69. The van der Waals surface area contributed by atoms with Crippen molar-refractivity contribution in [2.75, 3.05) is 6.54 Å². The second-order valence-corrected chi connectivity index (χ2v) is 2.65. The van der Waals surface area contributed by atoms with Crippen molar-refractivity contribution in [1.82, 2.24) is 5.32 Å². The Morgan fingerprint density at radius 3 is 2.60 bits per heavy atom. The first-order valence-corrected chi connectivity index (χ1v) is 4.20. The van der Waals surface area contributed by atoms with Crippen LogP contribution < -0.4 is 5.32 Å². The fourth-order valence-corrected chi connectivity index (χ4v) is 0.804. The molecule has 0 aromatic heterocycles. The van der Waals surface area contributed by atoms with Gasteiger partial charge < -0.3 is 5.32 Å². The maximum absolute atomic E-state index is 3.19. The zero-order chi connectivity index (χ0) is 7.82. The Morgan fingerprint density at radius 1 is 1.40 bits per heavy atom. The minimum absolute atomic E-state index is 1.03. The van der Waals surface area contributed by atoms with E-state index in [0.29, 0.717) is 0 Å². The van der Waals surface area contributed by atoms with Crippen LogP contribution in [-0.2, 0) is 0 Å². The Morgan fingerprint density at radius 2 is 2.10 bits per heavy atom. The second-order valence-electron chi connectivity index (χ2n) is 2.65. The number of hydrogen-bond donors (Lipinski definition) is 1. The molecule has 0 aliphatic carbocycles. The molecule has 0 aliphatic rings. The maximum atomic E-state index is 3.19. The molecule has 0 atom stereocenters. The number of nitrogens with one attached hydrogen (secondary N) is 1. The van der Waals surface area contributed by atoms with Crippen LogP contribution in [0.4, 0.5) is 0 Å². The Hall–Kier alpha value is -0.460. The summed E-state index contributed by atoms with van der Waals surface area (Å²) in [6.45, 7) is 7.55. The minimum atomic E-state index is 1.03. The monoisotopic (exact) mass is 141 g/mol. The summed E-state index contributed by atoms with van der Waals surface area (Å²) in [7, 11) is 0. The molecule has 0 saturated carbocycles. The van der Waals surface area contributed by atoms with E-state index in [-0.39, 0.29) is 0 Å². The number of rotatable bonds is 5. The van der Waals surface area contributed by atoms with E-state index in [4.69, 9.17) is 0 Å². The quantitative estimate of drug-likeness (QED) is 0.620. The molecule has 1 heteroatoms. The highest BCUT2D eigenvalue weighted by atomic mass is 14.8. The molecule has 0 heterocycles. The molecule has 0 radical (unpaired) electrons. The van der Waals surface area contributed by atoms with Crippen molar-refractivity contribution in [3.63, 3.8) is 0 Å². The van der Waals surface area contributed by atoms with Crippen LogP contribution in [0.15, 0.2) is 11.8 Å². The van der Waals surface area contributed by atoms with Crippen LogP contribution in [0.5, 0.6) is 0 Å². The van der Waals surface area contributed by atoms with Gasteiger partial charge in [0.2, 0.25) is 0 Å². The van der Waals surface area contributed by atoms with Gasteiger partial charge in [-0.3, -0.25) is 0 Å². The molecule has 0 aromatic rings. The van der Waals surface area contributed by atoms with Crippen molar-refractivity contribution in [2.24, 2.45) is 0 Å². The number of allylic oxidation sites excluding steroid dienone is 1. The molecule has 0 spiro atoms. The summed E-state index contributed by atoms with van der Waals surface area (Å²) in [6.07, 6.45) is 5.96. The lowest BCUT2D eigenvalue weighted by atomic mass is 10.1. The molecule has 1 nitrogen and oxygen atoms in total. The van der Waals surface area contributed by atoms with Crippen molar-refractivity contribution in [3.8, 4) is 0 Å². The lowest BCUT2D eigenvalue weighted by Gasteiger charge is -1.99. The van der Waals surface area contributed by atoms with Gasteiger partial charge in [-0.2, -0.15) is 0 Å². The third-order valence-electron chi connectivity index (χ3n) is 1.48. The summed E-state index contributed by atoms with van der Waals surface area (Å²) in [4.78, 5) is 0. The molecule has 0 aromatic carbocycles.